The van der Waals surface area contributed by atoms with Gasteiger partial charge in [-0.25, -0.2) is 29.9 Å². The molecule has 2 aliphatic rings. The number of hydrogen-bond acceptors (Lipinski definition) is 6. The molecule has 2 aliphatic carbocycles. The van der Waals surface area contributed by atoms with Gasteiger partial charge in [-0.3, -0.25) is 0 Å². The molecule has 0 unspecified atom stereocenters. The van der Waals surface area contributed by atoms with Gasteiger partial charge < -0.3 is 0 Å². The van der Waals surface area contributed by atoms with Crippen molar-refractivity contribution in [2.45, 2.75) is 38.5 Å². The Hall–Kier alpha value is -12.9. The van der Waals surface area contributed by atoms with Crippen molar-refractivity contribution < 1.29 is 0 Å². The summed E-state index contributed by atoms with van der Waals surface area (Å²) < 4.78 is 0. The molecule has 0 saturated carbocycles. The SMILES string of the molecule is CC1(C)c2ccccc2-c2nc3ccccc3c(-c3ccc(-c4c5ccccc5c(-c5ccnc(-c6ccccc6)n5)c5ccccc45)cc3)c21.CC1(C)c2ccccc2-c2nc3ccccc3c(-c3ccc(-c4c5ccccc5c(-c5ncc(-c6ccccc6)cn5)c5ccccc45)cc3)c21. The van der Waals surface area contributed by atoms with E-state index < -0.39 is 0 Å². The molecule has 14 aromatic carbocycles. The van der Waals surface area contributed by atoms with E-state index in [0.29, 0.717) is 0 Å². The summed E-state index contributed by atoms with van der Waals surface area (Å²) in [7, 11) is 0. The first kappa shape index (κ1) is 60.3. The standard InChI is InChI=1S/2C48H33N3/c1-48(2)40-22-12-10-20-38(40)46-45(48)43(39-21-11-13-23-41(39)51-46)32-26-24-31(25-27-32)42-34-16-6-8-18-36(34)44(37-19-9-7-17-35(37)42)47-49-28-33(29-50-47)30-14-4-3-5-15-30;1-48(2)39-22-12-10-20-37(39)46-45(48)43(38-21-11-13-23-40(38)50-46)31-26-24-30(25-27-31)42-33-16-6-8-18-35(33)44(36-19-9-7-17-34(36)42)41-28-29-49-47(51-41)32-14-4-3-5-15-32/h2*3-29H,1-2H3. The second kappa shape index (κ2) is 23.9. The monoisotopic (exact) mass is 1300 g/mol. The Bertz CT molecular complexity index is 6290. The maximum absolute atomic E-state index is 5.26. The van der Waals surface area contributed by atoms with Crippen LogP contribution in [0.1, 0.15) is 49.9 Å². The van der Waals surface area contributed by atoms with Gasteiger partial charge in [0.25, 0.3) is 0 Å². The van der Waals surface area contributed by atoms with Gasteiger partial charge in [-0.2, -0.15) is 0 Å². The molecule has 0 spiro atoms. The summed E-state index contributed by atoms with van der Waals surface area (Å²) >= 11 is 0. The van der Waals surface area contributed by atoms with Crippen LogP contribution in [0.15, 0.2) is 328 Å². The van der Waals surface area contributed by atoms with Crippen molar-refractivity contribution in [2.75, 3.05) is 0 Å². The maximum Gasteiger partial charge on any atom is 0.160 e. The predicted octanol–water partition coefficient (Wildman–Crippen LogP) is 24.6. The first-order valence-corrected chi connectivity index (χ1v) is 35.1. The Morgan fingerprint density at radius 3 is 0.980 bits per heavy atom. The van der Waals surface area contributed by atoms with E-state index >= 15 is 0 Å². The quantitative estimate of drug-likeness (QED) is 0.141. The van der Waals surface area contributed by atoms with Crippen LogP contribution >= 0.6 is 0 Å². The third-order valence-corrected chi connectivity index (χ3v) is 21.5. The molecule has 0 saturated heterocycles. The molecule has 0 fully saturated rings. The van der Waals surface area contributed by atoms with Crippen molar-refractivity contribution in [1.29, 1.82) is 0 Å². The molecular weight excluding hydrogens is 1240 g/mol. The van der Waals surface area contributed by atoms with Crippen LogP contribution < -0.4 is 0 Å². The van der Waals surface area contributed by atoms with Crippen molar-refractivity contribution in [2.24, 2.45) is 0 Å². The van der Waals surface area contributed by atoms with E-state index in [0.717, 1.165) is 78.4 Å². The molecule has 6 nitrogen and oxygen atoms in total. The summed E-state index contributed by atoms with van der Waals surface area (Å²) in [6, 6.07) is 110. The zero-order valence-electron chi connectivity index (χ0n) is 56.9. The highest BCUT2D eigenvalue weighted by Crippen LogP contribution is 2.56. The lowest BCUT2D eigenvalue weighted by molar-refractivity contribution is 0.661. The lowest BCUT2D eigenvalue weighted by Crippen LogP contribution is -2.16. The first-order chi connectivity index (χ1) is 50.2. The lowest BCUT2D eigenvalue weighted by atomic mass is 9.78. The molecule has 0 atom stereocenters. The molecule has 18 aromatic rings. The summed E-state index contributed by atoms with van der Waals surface area (Å²) in [5.74, 6) is 1.45. The van der Waals surface area contributed by atoms with E-state index in [1.54, 1.807) is 0 Å². The van der Waals surface area contributed by atoms with Crippen LogP contribution in [0.25, 0.3) is 177 Å². The number of rotatable bonds is 8. The number of nitrogens with zero attached hydrogens (tertiary/aromatic N) is 6. The van der Waals surface area contributed by atoms with Crippen LogP contribution in [0.4, 0.5) is 0 Å². The molecule has 0 bridgehead atoms. The van der Waals surface area contributed by atoms with Gasteiger partial charge in [0.05, 0.1) is 28.1 Å². The molecule has 0 amide bonds. The second-order valence-electron chi connectivity index (χ2n) is 27.9. The molecule has 0 aliphatic heterocycles. The van der Waals surface area contributed by atoms with Crippen LogP contribution in [-0.4, -0.2) is 29.9 Å². The molecule has 20 rings (SSSR count). The Morgan fingerprint density at radius 1 is 0.225 bits per heavy atom. The molecular formula is C96H66N6. The molecule has 0 radical (unpaired) electrons. The van der Waals surface area contributed by atoms with Crippen LogP contribution in [0.3, 0.4) is 0 Å². The highest BCUT2D eigenvalue weighted by atomic mass is 14.9. The fourth-order valence-corrected chi connectivity index (χ4v) is 16.8. The summed E-state index contributed by atoms with van der Waals surface area (Å²) in [5, 5.41) is 11.8. The number of fused-ring (bicyclic) bond motifs is 12. The van der Waals surface area contributed by atoms with Gasteiger partial charge in [0.2, 0.25) is 0 Å². The largest absolute Gasteiger partial charge is 0.247 e. The van der Waals surface area contributed by atoms with E-state index in [-0.39, 0.29) is 10.8 Å². The summed E-state index contributed by atoms with van der Waals surface area (Å²) in [5.41, 5.74) is 27.6. The average Bonchev–Trinajstić information content (AvgIpc) is 1.48. The lowest BCUT2D eigenvalue weighted by Gasteiger charge is -2.25. The molecule has 0 N–H and O–H groups in total. The van der Waals surface area contributed by atoms with Gasteiger partial charge in [0, 0.05) is 73.6 Å². The predicted molar refractivity (Wildman–Crippen MR) is 423 cm³/mol. The first-order valence-electron chi connectivity index (χ1n) is 35.1. The topological polar surface area (TPSA) is 77.3 Å². The molecule has 4 aromatic heterocycles. The van der Waals surface area contributed by atoms with Crippen molar-refractivity contribution in [3.63, 3.8) is 0 Å². The molecule has 6 heteroatoms. The minimum Gasteiger partial charge on any atom is -0.247 e. The number of benzene rings is 14. The third-order valence-electron chi connectivity index (χ3n) is 21.5. The van der Waals surface area contributed by atoms with Crippen LogP contribution in [0, 0.1) is 0 Å². The Balaban J connectivity index is 0.000000141. The van der Waals surface area contributed by atoms with Crippen molar-refractivity contribution in [3.05, 3.63) is 350 Å². The number of aromatic nitrogens is 6. The van der Waals surface area contributed by atoms with Gasteiger partial charge in [-0.15, -0.1) is 0 Å². The van der Waals surface area contributed by atoms with Crippen molar-refractivity contribution in [3.8, 4) is 112 Å². The van der Waals surface area contributed by atoms with Crippen LogP contribution in [0.2, 0.25) is 0 Å². The van der Waals surface area contributed by atoms with Crippen LogP contribution in [0.5, 0.6) is 0 Å². The Morgan fingerprint density at radius 2 is 0.559 bits per heavy atom. The van der Waals surface area contributed by atoms with Gasteiger partial charge >= 0.3 is 0 Å². The highest BCUT2D eigenvalue weighted by Gasteiger charge is 2.41. The van der Waals surface area contributed by atoms with Crippen molar-refractivity contribution in [1.82, 2.24) is 29.9 Å². The summed E-state index contributed by atoms with van der Waals surface area (Å²) in [6.07, 6.45) is 5.75. The van der Waals surface area contributed by atoms with Crippen LogP contribution in [-0.2, 0) is 10.8 Å². The van der Waals surface area contributed by atoms with E-state index in [1.165, 1.54) is 121 Å². The fourth-order valence-electron chi connectivity index (χ4n) is 16.8. The zero-order chi connectivity index (χ0) is 68.2. The maximum atomic E-state index is 5.26. The van der Waals surface area contributed by atoms with Gasteiger partial charge in [0.15, 0.2) is 11.6 Å². The minimum atomic E-state index is -0.180. The molecule has 4 heterocycles. The minimum absolute atomic E-state index is 0.180. The van der Waals surface area contributed by atoms with Gasteiger partial charge in [0.1, 0.15) is 0 Å². The number of pyridine rings is 2. The fraction of sp³-hybridized carbons (Fsp3) is 0.0625. The van der Waals surface area contributed by atoms with E-state index in [2.05, 4.69) is 300 Å². The highest BCUT2D eigenvalue weighted by molar-refractivity contribution is 6.23. The number of hydrogen-bond donors (Lipinski definition) is 0. The van der Waals surface area contributed by atoms with E-state index in [9.17, 15) is 0 Å². The third kappa shape index (κ3) is 9.62. The average molecular weight is 1300 g/mol. The van der Waals surface area contributed by atoms with Gasteiger partial charge in [-0.1, -0.05) is 319 Å². The number of para-hydroxylation sites is 2. The van der Waals surface area contributed by atoms with E-state index in [1.807, 2.05) is 61.1 Å². The zero-order valence-corrected chi connectivity index (χ0v) is 56.9. The molecule has 102 heavy (non-hydrogen) atoms. The van der Waals surface area contributed by atoms with E-state index in [4.69, 9.17) is 24.9 Å². The normalized spacial score (nSPS) is 13.1. The Labute approximate surface area is 592 Å². The molecule has 480 valence electrons. The van der Waals surface area contributed by atoms with Crippen molar-refractivity contribution >= 4 is 64.9 Å². The van der Waals surface area contributed by atoms with Gasteiger partial charge in [-0.05, 0) is 134 Å². The summed E-state index contributed by atoms with van der Waals surface area (Å²) in [4.78, 5) is 30.2. The Kier molecular flexibility index (Phi) is 14.1. The second-order valence-corrected chi connectivity index (χ2v) is 27.9. The summed E-state index contributed by atoms with van der Waals surface area (Å²) in [6.45, 7) is 9.36. The smallest absolute Gasteiger partial charge is 0.160 e.